The van der Waals surface area contributed by atoms with E-state index < -0.39 is 29.0 Å². The number of halogens is 1. The minimum Gasteiger partial charge on any atom is -0.464 e. The summed E-state index contributed by atoms with van der Waals surface area (Å²) in [5.74, 6) is 5.83. The van der Waals surface area contributed by atoms with Crippen LogP contribution in [0, 0.1) is 24.2 Å². The highest BCUT2D eigenvalue weighted by Gasteiger charge is 2.43. The van der Waals surface area contributed by atoms with Gasteiger partial charge in [-0.25, -0.2) is 24.1 Å². The van der Waals surface area contributed by atoms with Crippen molar-refractivity contribution in [1.29, 1.82) is 0 Å². The van der Waals surface area contributed by atoms with Crippen molar-refractivity contribution in [2.24, 2.45) is 5.73 Å². The third-order valence-electron chi connectivity index (χ3n) is 12.2. The number of aliphatic hydroxyl groups is 2. The van der Waals surface area contributed by atoms with Gasteiger partial charge >= 0.3 is 5.97 Å². The Bertz CT molecular complexity index is 3090. The minimum atomic E-state index is -1.68. The summed E-state index contributed by atoms with van der Waals surface area (Å²) in [6, 6.07) is 18.6. The minimum absolute atomic E-state index is 0. The van der Waals surface area contributed by atoms with E-state index in [4.69, 9.17) is 26.4 Å². The molecule has 4 aliphatic heterocycles. The Morgan fingerprint density at radius 2 is 1.21 bits per heavy atom. The molecule has 10 rings (SSSR count). The van der Waals surface area contributed by atoms with Crippen molar-refractivity contribution in [2.45, 2.75) is 38.9 Å². The maximum atomic E-state index is 12.5. The Labute approximate surface area is 425 Å². The fourth-order valence-corrected chi connectivity index (χ4v) is 8.60. The first kappa shape index (κ1) is 53.9. The Morgan fingerprint density at radius 1 is 0.722 bits per heavy atom. The Morgan fingerprint density at radius 3 is 1.67 bits per heavy atom. The number of likely N-dealkylation sites (N-methyl/N-ethyl adjacent to an activating group) is 2. The molecule has 4 aliphatic rings. The first-order valence-corrected chi connectivity index (χ1v) is 23.1. The first-order chi connectivity index (χ1) is 33.6. The van der Waals surface area contributed by atoms with Crippen LogP contribution < -0.4 is 15.5 Å². The van der Waals surface area contributed by atoms with Crippen LogP contribution in [0.15, 0.2) is 77.5 Å². The van der Waals surface area contributed by atoms with Crippen molar-refractivity contribution in [1.82, 2.24) is 39.3 Å². The van der Waals surface area contributed by atoms with Gasteiger partial charge in [-0.05, 0) is 48.5 Å². The maximum absolute atomic E-state index is 12.5. The molecule has 72 heavy (non-hydrogen) atoms. The summed E-state index contributed by atoms with van der Waals surface area (Å²) in [6.07, 6.45) is 9.14. The van der Waals surface area contributed by atoms with Crippen LogP contribution in [0.1, 0.15) is 54.2 Å². The lowest BCUT2D eigenvalue weighted by molar-refractivity contribution is -0.138. The van der Waals surface area contributed by atoms with Crippen LogP contribution in [0.4, 0.5) is 11.4 Å². The van der Waals surface area contributed by atoms with Gasteiger partial charge in [-0.2, -0.15) is 10.2 Å². The number of likely N-dealkylation sites (tertiary alicyclic amines) is 2. The highest BCUT2D eigenvalue weighted by atomic mass is 79.9. The Balaban J connectivity index is 0.000000199. The summed E-state index contributed by atoms with van der Waals surface area (Å²) in [4.78, 5) is 64.0. The van der Waals surface area contributed by atoms with Gasteiger partial charge in [0.25, 0.3) is 17.7 Å². The van der Waals surface area contributed by atoms with Gasteiger partial charge in [0.1, 0.15) is 0 Å². The lowest BCUT2D eigenvalue weighted by atomic mass is 10.0. The molecule has 2 aromatic carbocycles. The van der Waals surface area contributed by atoms with Crippen molar-refractivity contribution >= 4 is 73.1 Å². The SMILES string of the molecule is C.C.C#C[C@]1(O)CCN(C)C1=O.COC(=O)c1nn(-c2cccc(C#C[C@]3(O)CCN(C)C3=O)c2)c2ncc(N3CCOCC3)cc12.NC(=O)c1nn(-c2cccc(Br)c2)c2ncc(N3CCOCC3)cc12. The number of hydrogen-bond acceptors (Lipinski definition) is 15. The van der Waals surface area contributed by atoms with Crippen molar-refractivity contribution in [3.8, 4) is 35.6 Å². The Kier molecular flexibility index (Phi) is 17.1. The number of nitrogens with zero attached hydrogens (tertiary/aromatic N) is 10. The predicted octanol–water partition coefficient (Wildman–Crippen LogP) is 3.59. The molecule has 21 heteroatoms. The molecule has 0 unspecified atom stereocenters. The van der Waals surface area contributed by atoms with Crippen LogP contribution >= 0.6 is 15.9 Å². The topological polar surface area (TPSA) is 237 Å². The molecule has 4 N–H and O–H groups in total. The molecule has 0 spiro atoms. The van der Waals surface area contributed by atoms with E-state index in [0.717, 1.165) is 47.7 Å². The number of terminal acetylenes is 1. The van der Waals surface area contributed by atoms with Crippen LogP contribution in [0.3, 0.4) is 0 Å². The van der Waals surface area contributed by atoms with Gasteiger partial charge in [0.05, 0.1) is 79.5 Å². The highest BCUT2D eigenvalue weighted by molar-refractivity contribution is 9.10. The van der Waals surface area contributed by atoms with Crippen molar-refractivity contribution in [3.63, 3.8) is 0 Å². The molecule has 2 atom stereocenters. The number of pyridine rings is 2. The number of amides is 3. The predicted molar refractivity (Wildman–Crippen MR) is 275 cm³/mol. The van der Waals surface area contributed by atoms with E-state index in [2.05, 4.69) is 63.7 Å². The lowest BCUT2D eigenvalue weighted by Crippen LogP contribution is -2.37. The van der Waals surface area contributed by atoms with Crippen LogP contribution in [0.2, 0.25) is 0 Å². The number of nitrogens with two attached hydrogens (primary N) is 1. The molecule has 8 heterocycles. The zero-order valence-corrected chi connectivity index (χ0v) is 40.3. The third-order valence-corrected chi connectivity index (χ3v) is 12.7. The number of esters is 1. The maximum Gasteiger partial charge on any atom is 0.359 e. The summed E-state index contributed by atoms with van der Waals surface area (Å²) in [6.45, 7) is 6.67. The summed E-state index contributed by atoms with van der Waals surface area (Å²) < 4.78 is 19.9. The van der Waals surface area contributed by atoms with E-state index in [0.29, 0.717) is 79.3 Å². The second-order valence-corrected chi connectivity index (χ2v) is 17.7. The van der Waals surface area contributed by atoms with E-state index in [1.165, 1.54) is 16.9 Å². The molecule has 6 aromatic rings. The van der Waals surface area contributed by atoms with Crippen molar-refractivity contribution in [2.75, 3.05) is 96.7 Å². The number of anilines is 2. The average molecular weight is 1050 g/mol. The largest absolute Gasteiger partial charge is 0.464 e. The number of aromatic nitrogens is 6. The monoisotopic (exact) mass is 1050 g/mol. The molecule has 0 aliphatic carbocycles. The van der Waals surface area contributed by atoms with Crippen LogP contribution in [-0.4, -0.2) is 171 Å². The number of ether oxygens (including phenoxy) is 3. The zero-order chi connectivity index (χ0) is 49.7. The van der Waals surface area contributed by atoms with Gasteiger partial charge in [-0.15, -0.1) is 6.42 Å². The van der Waals surface area contributed by atoms with Gasteiger partial charge in [0, 0.05) is 76.2 Å². The first-order valence-electron chi connectivity index (χ1n) is 22.3. The number of hydrogen-bond donors (Lipinski definition) is 3. The molecule has 378 valence electrons. The summed E-state index contributed by atoms with van der Waals surface area (Å²) >= 11 is 3.45. The summed E-state index contributed by atoms with van der Waals surface area (Å²) in [5.41, 5.74) is 7.67. The second kappa shape index (κ2) is 22.8. The number of methoxy groups -OCH3 is 1. The van der Waals surface area contributed by atoms with E-state index >= 15 is 0 Å². The van der Waals surface area contributed by atoms with Crippen molar-refractivity contribution < 1.29 is 43.6 Å². The molecule has 4 aromatic heterocycles. The standard InChI is InChI=1S/C25H25N5O5.C17H16BrN5O2.C7H9NO2.2CH4/c1-28-9-8-25(33,24(28)32)7-6-17-4-3-5-18(14-17)30-22-20(21(27-30)23(31)34-2)15-19(16-26-22)29-10-12-35-13-11-29;18-11-2-1-3-12(8-11)23-17-14(15(21-23)16(19)24)9-13(10-20-17)22-4-6-25-7-5-22;1-3-7(10)4-5-8(2)6(7)9;;/h3-5,14-16,33H,8-13H2,1-2H3;1-3,8-10H,4-7H2,(H2,19,24);1,10H,4-5H2,2H3;2*1H4/t25-;;7-;;/m0.0../s1. The molecule has 3 amide bonds. The number of rotatable bonds is 6. The molecule has 0 bridgehead atoms. The molecule has 20 nitrogen and oxygen atoms in total. The van der Waals surface area contributed by atoms with Crippen molar-refractivity contribution in [3.05, 3.63) is 94.5 Å². The van der Waals surface area contributed by atoms with E-state index in [1.807, 2.05) is 42.5 Å². The number of benzene rings is 2. The van der Waals surface area contributed by atoms with Crippen LogP contribution in [0.25, 0.3) is 33.4 Å². The molecule has 0 saturated carbocycles. The normalized spacial score (nSPS) is 19.5. The van der Waals surface area contributed by atoms with Gasteiger partial charge in [0.15, 0.2) is 22.7 Å². The molecule has 4 saturated heterocycles. The van der Waals surface area contributed by atoms with E-state index in [-0.39, 0.29) is 38.6 Å². The third kappa shape index (κ3) is 11.2. The van der Waals surface area contributed by atoms with Crippen LogP contribution in [0.5, 0.6) is 0 Å². The van der Waals surface area contributed by atoms with Gasteiger partial charge in [0.2, 0.25) is 11.2 Å². The average Bonchev–Trinajstić information content (AvgIpc) is 4.12. The van der Waals surface area contributed by atoms with Gasteiger partial charge in [-0.3, -0.25) is 14.4 Å². The number of carbonyl (C=O) groups is 4. The molecular formula is C51H58BrN11O9. The fraction of sp³-hybridized carbons (Fsp3) is 0.373. The number of primary amides is 1. The second-order valence-electron chi connectivity index (χ2n) is 16.8. The quantitative estimate of drug-likeness (QED) is 0.160. The smallest absolute Gasteiger partial charge is 0.359 e. The van der Waals surface area contributed by atoms with E-state index in [1.54, 1.807) is 54.1 Å². The zero-order valence-electron chi connectivity index (χ0n) is 38.7. The lowest BCUT2D eigenvalue weighted by Gasteiger charge is -2.28. The molecule has 0 radical (unpaired) electrons. The van der Waals surface area contributed by atoms with Gasteiger partial charge in [-0.1, -0.05) is 60.7 Å². The number of morpholine rings is 2. The summed E-state index contributed by atoms with van der Waals surface area (Å²) in [5, 5.41) is 30.0. The number of fused-ring (bicyclic) bond motifs is 2. The van der Waals surface area contributed by atoms with E-state index in [9.17, 15) is 29.4 Å². The summed E-state index contributed by atoms with van der Waals surface area (Å²) in [7, 11) is 4.58. The fourth-order valence-electron chi connectivity index (χ4n) is 8.22. The van der Waals surface area contributed by atoms with Crippen LogP contribution in [-0.2, 0) is 23.8 Å². The number of carbonyl (C=O) groups excluding carboxylic acids is 4. The van der Waals surface area contributed by atoms with Gasteiger partial charge < -0.3 is 49.8 Å². The molecule has 4 fully saturated rings. The Hall–Kier alpha value is -7.40. The molecular weight excluding hydrogens is 991 g/mol. The highest BCUT2D eigenvalue weighted by Crippen LogP contribution is 2.29.